The van der Waals surface area contributed by atoms with Gasteiger partial charge in [-0.1, -0.05) is 18.2 Å². The van der Waals surface area contributed by atoms with E-state index in [1.165, 1.54) is 11.8 Å². The summed E-state index contributed by atoms with van der Waals surface area (Å²) in [5.41, 5.74) is 1.16. The summed E-state index contributed by atoms with van der Waals surface area (Å²) in [7, 11) is 0. The summed E-state index contributed by atoms with van der Waals surface area (Å²) in [6.45, 7) is 0. The van der Waals surface area contributed by atoms with Crippen molar-refractivity contribution in [2.75, 3.05) is 12.0 Å². The molecule has 0 saturated carbocycles. The molecule has 1 aromatic carbocycles. The third-order valence-electron chi connectivity index (χ3n) is 3.16. The number of thioether (sulfide) groups is 2. The van der Waals surface area contributed by atoms with Crippen LogP contribution in [0.3, 0.4) is 0 Å². The molecule has 0 radical (unpaired) electrons. The smallest absolute Gasteiger partial charge is 0.326 e. The Bertz CT molecular complexity index is 482. The molecular formula is C14H17NO3S2. The quantitative estimate of drug-likeness (QED) is 0.841. The van der Waals surface area contributed by atoms with E-state index in [0.29, 0.717) is 12.8 Å². The molecule has 0 saturated heterocycles. The molecule has 1 amide bonds. The minimum Gasteiger partial charge on any atom is -0.480 e. The zero-order chi connectivity index (χ0) is 14.5. The molecule has 1 unspecified atom stereocenters. The maximum atomic E-state index is 12.2. The number of carbonyl (C=O) groups is 2. The van der Waals surface area contributed by atoms with E-state index in [9.17, 15) is 9.59 Å². The predicted octanol–water partition coefficient (Wildman–Crippen LogP) is 2.03. The van der Waals surface area contributed by atoms with E-state index in [1.807, 2.05) is 30.5 Å². The lowest BCUT2D eigenvalue weighted by Crippen LogP contribution is -2.44. The van der Waals surface area contributed by atoms with Crippen molar-refractivity contribution in [3.8, 4) is 0 Å². The Labute approximate surface area is 126 Å². The number of aliphatic carboxylic acids is 1. The van der Waals surface area contributed by atoms with Crippen LogP contribution in [-0.4, -0.2) is 40.3 Å². The molecular weight excluding hydrogens is 294 g/mol. The molecule has 0 aliphatic carbocycles. The van der Waals surface area contributed by atoms with Crippen LogP contribution in [-0.2, 0) is 16.0 Å². The molecule has 4 nitrogen and oxygen atoms in total. The Balaban J connectivity index is 1.94. The number of rotatable bonds is 6. The molecule has 2 atom stereocenters. The molecule has 1 aromatic rings. The SMILES string of the molecule is CSCC[C@@H](NC(=O)C1Cc2ccccc2S1)C(=O)O. The normalized spacial score (nSPS) is 18.4. The van der Waals surface area contributed by atoms with Crippen molar-refractivity contribution in [2.45, 2.75) is 29.0 Å². The second-order valence-electron chi connectivity index (χ2n) is 4.60. The first kappa shape index (κ1) is 15.3. The van der Waals surface area contributed by atoms with Crippen molar-refractivity contribution < 1.29 is 14.7 Å². The zero-order valence-electron chi connectivity index (χ0n) is 11.2. The molecule has 1 aliphatic heterocycles. The third kappa shape index (κ3) is 3.70. The van der Waals surface area contributed by atoms with E-state index < -0.39 is 12.0 Å². The van der Waals surface area contributed by atoms with Crippen molar-refractivity contribution in [1.82, 2.24) is 5.32 Å². The average molecular weight is 311 g/mol. The van der Waals surface area contributed by atoms with E-state index in [4.69, 9.17) is 5.11 Å². The first-order valence-electron chi connectivity index (χ1n) is 6.38. The van der Waals surface area contributed by atoms with Crippen LogP contribution in [0.15, 0.2) is 29.2 Å². The van der Waals surface area contributed by atoms with Crippen LogP contribution in [0.4, 0.5) is 0 Å². The molecule has 0 spiro atoms. The highest BCUT2D eigenvalue weighted by Crippen LogP contribution is 2.36. The van der Waals surface area contributed by atoms with Gasteiger partial charge >= 0.3 is 5.97 Å². The highest BCUT2D eigenvalue weighted by Gasteiger charge is 2.30. The molecule has 0 fully saturated rings. The molecule has 1 heterocycles. The number of carboxylic acids is 1. The van der Waals surface area contributed by atoms with Gasteiger partial charge in [0.15, 0.2) is 0 Å². The molecule has 108 valence electrons. The van der Waals surface area contributed by atoms with Gasteiger partial charge in [0.05, 0.1) is 5.25 Å². The van der Waals surface area contributed by atoms with Crippen LogP contribution < -0.4 is 5.32 Å². The summed E-state index contributed by atoms with van der Waals surface area (Å²) in [6.07, 6.45) is 3.04. The van der Waals surface area contributed by atoms with Crippen LogP contribution in [0.2, 0.25) is 0 Å². The molecule has 2 N–H and O–H groups in total. The van der Waals surface area contributed by atoms with Gasteiger partial charge in [-0.3, -0.25) is 4.79 Å². The Morgan fingerprint density at radius 1 is 1.50 bits per heavy atom. The second kappa shape index (κ2) is 7.04. The maximum absolute atomic E-state index is 12.2. The number of amides is 1. The largest absolute Gasteiger partial charge is 0.480 e. The monoisotopic (exact) mass is 311 g/mol. The van der Waals surface area contributed by atoms with Crippen LogP contribution in [0.5, 0.6) is 0 Å². The van der Waals surface area contributed by atoms with E-state index in [2.05, 4.69) is 5.32 Å². The van der Waals surface area contributed by atoms with Gasteiger partial charge in [0.1, 0.15) is 6.04 Å². The lowest BCUT2D eigenvalue weighted by molar-refractivity contribution is -0.141. The number of nitrogens with one attached hydrogen (secondary N) is 1. The predicted molar refractivity (Wildman–Crippen MR) is 82.4 cm³/mol. The lowest BCUT2D eigenvalue weighted by Gasteiger charge is -2.16. The van der Waals surface area contributed by atoms with Gasteiger partial charge in [-0.15, -0.1) is 11.8 Å². The van der Waals surface area contributed by atoms with Crippen molar-refractivity contribution in [2.24, 2.45) is 0 Å². The standard InChI is InChI=1S/C14H17NO3S2/c1-19-7-6-10(14(17)18)15-13(16)12-8-9-4-2-3-5-11(9)20-12/h2-5,10,12H,6-8H2,1H3,(H,15,16)(H,17,18)/t10-,12?/m1/s1. The van der Waals surface area contributed by atoms with Gasteiger partial charge in [0.2, 0.25) is 5.91 Å². The van der Waals surface area contributed by atoms with Crippen molar-refractivity contribution in [3.63, 3.8) is 0 Å². The maximum Gasteiger partial charge on any atom is 0.326 e. The summed E-state index contributed by atoms with van der Waals surface area (Å²) in [6, 6.07) is 7.12. The summed E-state index contributed by atoms with van der Waals surface area (Å²) in [5, 5.41) is 11.6. The number of hydrogen-bond acceptors (Lipinski definition) is 4. The van der Waals surface area contributed by atoms with E-state index in [0.717, 1.165) is 16.2 Å². The van der Waals surface area contributed by atoms with Gasteiger partial charge in [0, 0.05) is 4.90 Å². The Hall–Kier alpha value is -1.14. The number of fused-ring (bicyclic) bond motifs is 1. The average Bonchev–Trinajstić information content (AvgIpc) is 2.86. The van der Waals surface area contributed by atoms with Crippen LogP contribution >= 0.6 is 23.5 Å². The fraction of sp³-hybridized carbons (Fsp3) is 0.429. The highest BCUT2D eigenvalue weighted by molar-refractivity contribution is 8.01. The van der Waals surface area contributed by atoms with E-state index in [1.54, 1.807) is 11.8 Å². The lowest BCUT2D eigenvalue weighted by atomic mass is 10.1. The Morgan fingerprint density at radius 3 is 2.90 bits per heavy atom. The van der Waals surface area contributed by atoms with Crippen molar-refractivity contribution >= 4 is 35.4 Å². The fourth-order valence-corrected chi connectivity index (χ4v) is 3.76. The zero-order valence-corrected chi connectivity index (χ0v) is 12.8. The summed E-state index contributed by atoms with van der Waals surface area (Å²) in [5.74, 6) is -0.428. The van der Waals surface area contributed by atoms with Crippen molar-refractivity contribution in [1.29, 1.82) is 0 Å². The topological polar surface area (TPSA) is 66.4 Å². The van der Waals surface area contributed by atoms with Crippen LogP contribution in [0, 0.1) is 0 Å². The van der Waals surface area contributed by atoms with E-state index in [-0.39, 0.29) is 11.2 Å². The van der Waals surface area contributed by atoms with Gasteiger partial charge in [-0.05, 0) is 36.5 Å². The van der Waals surface area contributed by atoms with Gasteiger partial charge in [-0.25, -0.2) is 4.79 Å². The molecule has 2 rings (SSSR count). The highest BCUT2D eigenvalue weighted by atomic mass is 32.2. The summed E-state index contributed by atoms with van der Waals surface area (Å²) in [4.78, 5) is 24.4. The third-order valence-corrected chi connectivity index (χ3v) is 5.13. The van der Waals surface area contributed by atoms with E-state index >= 15 is 0 Å². The number of hydrogen-bond donors (Lipinski definition) is 2. The summed E-state index contributed by atoms with van der Waals surface area (Å²) < 4.78 is 0. The van der Waals surface area contributed by atoms with Crippen LogP contribution in [0.25, 0.3) is 0 Å². The first-order valence-corrected chi connectivity index (χ1v) is 8.66. The number of carboxylic acid groups (broad SMARTS) is 1. The molecule has 0 aromatic heterocycles. The molecule has 0 bridgehead atoms. The Kier molecular flexibility index (Phi) is 5.37. The number of benzene rings is 1. The van der Waals surface area contributed by atoms with Gasteiger partial charge < -0.3 is 10.4 Å². The second-order valence-corrected chi connectivity index (χ2v) is 6.83. The molecule has 1 aliphatic rings. The minimum absolute atomic E-state index is 0.181. The van der Waals surface area contributed by atoms with Gasteiger partial charge in [0.25, 0.3) is 0 Å². The van der Waals surface area contributed by atoms with Crippen molar-refractivity contribution in [3.05, 3.63) is 29.8 Å². The fourth-order valence-electron chi connectivity index (χ4n) is 2.09. The first-order chi connectivity index (χ1) is 9.61. The Morgan fingerprint density at radius 2 is 2.25 bits per heavy atom. The summed E-state index contributed by atoms with van der Waals surface area (Å²) >= 11 is 3.09. The molecule has 6 heteroatoms. The van der Waals surface area contributed by atoms with Gasteiger partial charge in [-0.2, -0.15) is 11.8 Å². The minimum atomic E-state index is -0.965. The van der Waals surface area contributed by atoms with Crippen LogP contribution in [0.1, 0.15) is 12.0 Å². The molecule has 20 heavy (non-hydrogen) atoms. The number of carbonyl (C=O) groups excluding carboxylic acids is 1.